The zero-order valence-electron chi connectivity index (χ0n) is 23.3. The summed E-state index contributed by atoms with van der Waals surface area (Å²) in [4.78, 5) is 2.79. The van der Waals surface area contributed by atoms with Crippen molar-refractivity contribution in [2.24, 2.45) is 11.8 Å². The summed E-state index contributed by atoms with van der Waals surface area (Å²) in [6.45, 7) is 3.62. The summed E-state index contributed by atoms with van der Waals surface area (Å²) >= 11 is 0. The van der Waals surface area contributed by atoms with Crippen molar-refractivity contribution in [1.82, 2.24) is 4.90 Å². The van der Waals surface area contributed by atoms with Crippen LogP contribution in [-0.2, 0) is 32.7 Å². The van der Waals surface area contributed by atoms with Crippen LogP contribution < -0.4 is 9.47 Å². The standard InChI is InChI=1S/C33H41NO5/c1-35-33(36-2)15-14-32(38-21-24-10-11-24)27-18-25-12-13-26(37-20-23-6-4-3-5-7-23)29-28(25)31(32,30(33)39-29)16-17-34(27)19-22-8-9-22/h3-7,12-13,22,24,27,30H,8-11,14-21H2,1-2H3/t27-,30-,31+,32?/m1/s1. The number of benzene rings is 2. The summed E-state index contributed by atoms with van der Waals surface area (Å²) in [6.07, 6.45) is 8.71. The number of nitrogens with zero attached hydrogens (tertiary/aromatic N) is 1. The molecular formula is C33H41NO5. The molecule has 2 aromatic rings. The molecule has 4 atom stereocenters. The van der Waals surface area contributed by atoms with Gasteiger partial charge in [0.2, 0.25) is 5.79 Å². The molecule has 8 rings (SSSR count). The van der Waals surface area contributed by atoms with Crippen molar-refractivity contribution in [2.45, 2.75) is 86.9 Å². The summed E-state index contributed by atoms with van der Waals surface area (Å²) in [5.41, 5.74) is 3.21. The van der Waals surface area contributed by atoms with E-state index in [9.17, 15) is 0 Å². The molecule has 4 fully saturated rings. The highest BCUT2D eigenvalue weighted by atomic mass is 16.7. The number of methoxy groups -OCH3 is 2. The van der Waals surface area contributed by atoms with Crippen molar-refractivity contribution in [2.75, 3.05) is 33.9 Å². The molecule has 2 aliphatic heterocycles. The van der Waals surface area contributed by atoms with E-state index in [1.807, 2.05) is 6.07 Å². The van der Waals surface area contributed by atoms with Crippen LogP contribution in [0.4, 0.5) is 0 Å². The van der Waals surface area contributed by atoms with Gasteiger partial charge in [-0.2, -0.15) is 0 Å². The molecule has 6 nitrogen and oxygen atoms in total. The highest BCUT2D eigenvalue weighted by Crippen LogP contribution is 2.69. The normalized spacial score (nSPS) is 33.9. The molecule has 208 valence electrons. The zero-order chi connectivity index (χ0) is 26.2. The molecule has 2 aromatic carbocycles. The van der Waals surface area contributed by atoms with E-state index >= 15 is 0 Å². The maximum Gasteiger partial charge on any atom is 0.206 e. The van der Waals surface area contributed by atoms with Crippen molar-refractivity contribution in [1.29, 1.82) is 0 Å². The van der Waals surface area contributed by atoms with Crippen molar-refractivity contribution in [3.05, 3.63) is 59.2 Å². The topological polar surface area (TPSA) is 49.4 Å². The number of hydrogen-bond acceptors (Lipinski definition) is 6. The number of piperidine rings is 1. The molecule has 39 heavy (non-hydrogen) atoms. The average molecular weight is 532 g/mol. The third kappa shape index (κ3) is 3.54. The van der Waals surface area contributed by atoms with E-state index < -0.39 is 5.79 Å². The quantitative estimate of drug-likeness (QED) is 0.390. The Hall–Kier alpha value is -2.12. The second-order valence-electron chi connectivity index (χ2n) is 12.9. The molecule has 4 aliphatic carbocycles. The van der Waals surface area contributed by atoms with E-state index in [-0.39, 0.29) is 17.1 Å². The zero-order valence-corrected chi connectivity index (χ0v) is 23.3. The van der Waals surface area contributed by atoms with Gasteiger partial charge in [0.05, 0.1) is 17.6 Å². The Morgan fingerprint density at radius 2 is 1.72 bits per heavy atom. The van der Waals surface area contributed by atoms with Crippen LogP contribution in [0.15, 0.2) is 42.5 Å². The van der Waals surface area contributed by atoms with Gasteiger partial charge < -0.3 is 23.7 Å². The van der Waals surface area contributed by atoms with Crippen LogP contribution in [0.2, 0.25) is 0 Å². The van der Waals surface area contributed by atoms with Crippen LogP contribution in [0.1, 0.15) is 61.6 Å². The van der Waals surface area contributed by atoms with E-state index in [0.29, 0.717) is 18.6 Å². The van der Waals surface area contributed by atoms with Crippen LogP contribution in [-0.4, -0.2) is 62.3 Å². The van der Waals surface area contributed by atoms with Gasteiger partial charge in [0.25, 0.3) is 0 Å². The molecule has 6 aliphatic rings. The smallest absolute Gasteiger partial charge is 0.206 e. The lowest BCUT2D eigenvalue weighted by molar-refractivity contribution is -0.327. The van der Waals surface area contributed by atoms with Gasteiger partial charge in [0.1, 0.15) is 6.61 Å². The number of ether oxygens (including phenoxy) is 5. The predicted octanol–water partition coefficient (Wildman–Crippen LogP) is 5.25. The molecule has 0 N–H and O–H groups in total. The fourth-order valence-corrected chi connectivity index (χ4v) is 8.60. The number of likely N-dealkylation sites (tertiary alicyclic amines) is 1. The van der Waals surface area contributed by atoms with E-state index in [1.54, 1.807) is 14.2 Å². The molecule has 2 heterocycles. The summed E-state index contributed by atoms with van der Waals surface area (Å²) in [5.74, 6) is 2.44. The van der Waals surface area contributed by atoms with Gasteiger partial charge in [0.15, 0.2) is 17.6 Å². The Morgan fingerprint density at radius 1 is 0.923 bits per heavy atom. The summed E-state index contributed by atoms with van der Waals surface area (Å²) in [5, 5.41) is 0. The first-order valence-corrected chi connectivity index (χ1v) is 15.1. The first-order chi connectivity index (χ1) is 19.1. The van der Waals surface area contributed by atoms with E-state index in [4.69, 9.17) is 23.7 Å². The second kappa shape index (κ2) is 8.94. The first kappa shape index (κ1) is 24.7. The number of rotatable bonds is 10. The van der Waals surface area contributed by atoms with Crippen LogP contribution >= 0.6 is 0 Å². The first-order valence-electron chi connectivity index (χ1n) is 15.1. The molecule has 0 aromatic heterocycles. The Kier molecular flexibility index (Phi) is 5.65. The lowest BCUT2D eigenvalue weighted by atomic mass is 9.47. The van der Waals surface area contributed by atoms with E-state index in [0.717, 1.165) is 61.8 Å². The Balaban J connectivity index is 1.27. The Bertz CT molecular complexity index is 1240. The van der Waals surface area contributed by atoms with Crippen LogP contribution in [0, 0.1) is 11.8 Å². The largest absolute Gasteiger partial charge is 0.485 e. The van der Waals surface area contributed by atoms with Gasteiger partial charge >= 0.3 is 0 Å². The van der Waals surface area contributed by atoms with Crippen LogP contribution in [0.25, 0.3) is 0 Å². The lowest BCUT2D eigenvalue weighted by Crippen LogP contribution is -2.80. The third-order valence-corrected chi connectivity index (χ3v) is 10.9. The summed E-state index contributed by atoms with van der Waals surface area (Å²) in [6, 6.07) is 15.1. The van der Waals surface area contributed by atoms with Crippen molar-refractivity contribution in [3.63, 3.8) is 0 Å². The van der Waals surface area contributed by atoms with E-state index in [2.05, 4.69) is 41.3 Å². The van der Waals surface area contributed by atoms with Gasteiger partial charge in [-0.05, 0) is 80.5 Å². The fourth-order valence-electron chi connectivity index (χ4n) is 8.60. The molecule has 3 saturated carbocycles. The highest BCUT2D eigenvalue weighted by Gasteiger charge is 2.77. The van der Waals surface area contributed by atoms with Crippen molar-refractivity contribution >= 4 is 0 Å². The van der Waals surface area contributed by atoms with Gasteiger partial charge in [-0.25, -0.2) is 0 Å². The average Bonchev–Trinajstić information content (AvgIpc) is 3.91. The highest BCUT2D eigenvalue weighted by molar-refractivity contribution is 5.63. The molecular weight excluding hydrogens is 490 g/mol. The monoisotopic (exact) mass is 531 g/mol. The minimum Gasteiger partial charge on any atom is -0.485 e. The second-order valence-corrected chi connectivity index (χ2v) is 12.9. The maximum atomic E-state index is 7.33. The predicted molar refractivity (Wildman–Crippen MR) is 147 cm³/mol. The molecule has 0 radical (unpaired) electrons. The van der Waals surface area contributed by atoms with Crippen LogP contribution in [0.3, 0.4) is 0 Å². The van der Waals surface area contributed by atoms with Gasteiger partial charge in [0, 0.05) is 38.8 Å². The molecule has 0 amide bonds. The molecule has 1 unspecified atom stereocenters. The fraction of sp³-hybridized carbons (Fsp3) is 0.636. The summed E-state index contributed by atoms with van der Waals surface area (Å²) in [7, 11) is 3.56. The SMILES string of the molecule is COC1(OC)CCC2(OCC3CC3)[C@H]3Cc4ccc(OCc5ccccc5)c5c4[C@@]2(CCN3CC2CC2)[C@H]1O5. The lowest BCUT2D eigenvalue weighted by Gasteiger charge is -2.67. The number of hydrogen-bond donors (Lipinski definition) is 0. The van der Waals surface area contributed by atoms with Crippen LogP contribution in [0.5, 0.6) is 11.5 Å². The Morgan fingerprint density at radius 3 is 2.46 bits per heavy atom. The van der Waals surface area contributed by atoms with Crippen molar-refractivity contribution < 1.29 is 23.7 Å². The third-order valence-electron chi connectivity index (χ3n) is 10.9. The molecule has 6 heteroatoms. The van der Waals surface area contributed by atoms with Gasteiger partial charge in [-0.3, -0.25) is 4.90 Å². The van der Waals surface area contributed by atoms with Crippen molar-refractivity contribution in [3.8, 4) is 11.5 Å². The molecule has 1 saturated heterocycles. The van der Waals surface area contributed by atoms with E-state index in [1.165, 1.54) is 43.4 Å². The minimum absolute atomic E-state index is 0.283. The van der Waals surface area contributed by atoms with Gasteiger partial charge in [-0.1, -0.05) is 36.4 Å². The summed E-state index contributed by atoms with van der Waals surface area (Å²) < 4.78 is 33.5. The van der Waals surface area contributed by atoms with Gasteiger partial charge in [-0.15, -0.1) is 0 Å². The Labute approximate surface area is 231 Å². The molecule has 2 bridgehead atoms. The maximum absolute atomic E-state index is 7.33. The minimum atomic E-state index is -0.819. The molecule has 1 spiro atoms.